The molecule has 0 aliphatic carbocycles. The van der Waals surface area contributed by atoms with Crippen LogP contribution in [0.3, 0.4) is 0 Å². The maximum atomic E-state index is 12.6. The van der Waals surface area contributed by atoms with Crippen LogP contribution in [-0.4, -0.2) is 18.7 Å². The van der Waals surface area contributed by atoms with E-state index in [9.17, 15) is 9.41 Å². The standard InChI is InChI=1S/C8H10BFO2/c1-2-12-9(11)7-4-3-5-8(10)6-7/h3-6,11H,2H2,1H3. The molecular formula is C8H10BFO2. The van der Waals surface area contributed by atoms with Crippen molar-refractivity contribution in [1.29, 1.82) is 0 Å². The second-order valence-electron chi connectivity index (χ2n) is 2.36. The zero-order chi connectivity index (χ0) is 8.97. The average molecular weight is 168 g/mol. The maximum Gasteiger partial charge on any atom is 0.491 e. The number of hydrogen-bond donors (Lipinski definition) is 1. The van der Waals surface area contributed by atoms with Crippen molar-refractivity contribution in [3.05, 3.63) is 30.1 Å². The summed E-state index contributed by atoms with van der Waals surface area (Å²) in [6, 6.07) is 5.72. The molecule has 0 bridgehead atoms. The van der Waals surface area contributed by atoms with Crippen LogP contribution in [-0.2, 0) is 4.65 Å². The zero-order valence-electron chi connectivity index (χ0n) is 6.83. The van der Waals surface area contributed by atoms with E-state index in [2.05, 4.69) is 0 Å². The minimum Gasteiger partial charge on any atom is -0.423 e. The van der Waals surface area contributed by atoms with Crippen molar-refractivity contribution in [2.45, 2.75) is 6.92 Å². The average Bonchev–Trinajstić information content (AvgIpc) is 2.05. The van der Waals surface area contributed by atoms with Gasteiger partial charge in [0.2, 0.25) is 0 Å². The zero-order valence-corrected chi connectivity index (χ0v) is 6.83. The lowest BCUT2D eigenvalue weighted by Crippen LogP contribution is -2.33. The van der Waals surface area contributed by atoms with Crippen molar-refractivity contribution >= 4 is 12.6 Å². The largest absolute Gasteiger partial charge is 0.491 e. The molecular weight excluding hydrogens is 158 g/mol. The third kappa shape index (κ3) is 2.32. The van der Waals surface area contributed by atoms with Gasteiger partial charge in [-0.05, 0) is 24.5 Å². The Morgan fingerprint density at radius 3 is 2.92 bits per heavy atom. The third-order valence-electron chi connectivity index (χ3n) is 1.46. The molecule has 0 aliphatic heterocycles. The highest BCUT2D eigenvalue weighted by molar-refractivity contribution is 6.59. The number of hydrogen-bond acceptors (Lipinski definition) is 2. The molecule has 4 heteroatoms. The predicted molar refractivity (Wildman–Crippen MR) is 45.6 cm³/mol. The fraction of sp³-hybridized carbons (Fsp3) is 0.250. The van der Waals surface area contributed by atoms with Gasteiger partial charge in [0.25, 0.3) is 0 Å². The molecule has 0 aliphatic rings. The molecule has 0 aromatic heterocycles. The molecule has 0 unspecified atom stereocenters. The summed E-state index contributed by atoms with van der Waals surface area (Å²) >= 11 is 0. The molecule has 12 heavy (non-hydrogen) atoms. The van der Waals surface area contributed by atoms with Gasteiger partial charge in [-0.25, -0.2) is 4.39 Å². The van der Waals surface area contributed by atoms with Crippen molar-refractivity contribution in [3.8, 4) is 0 Å². The molecule has 2 nitrogen and oxygen atoms in total. The van der Waals surface area contributed by atoms with Crippen LogP contribution in [0.25, 0.3) is 0 Å². The summed E-state index contributed by atoms with van der Waals surface area (Å²) < 4.78 is 17.5. The van der Waals surface area contributed by atoms with Crippen LogP contribution in [0.15, 0.2) is 24.3 Å². The molecule has 0 atom stereocenters. The van der Waals surface area contributed by atoms with Crippen LogP contribution in [0.4, 0.5) is 4.39 Å². The molecule has 0 radical (unpaired) electrons. The third-order valence-corrected chi connectivity index (χ3v) is 1.46. The quantitative estimate of drug-likeness (QED) is 0.667. The van der Waals surface area contributed by atoms with Crippen LogP contribution < -0.4 is 5.46 Å². The van der Waals surface area contributed by atoms with Crippen LogP contribution in [0.5, 0.6) is 0 Å². The van der Waals surface area contributed by atoms with Gasteiger partial charge in [0.05, 0.1) is 0 Å². The Bertz CT molecular complexity index is 255. The Balaban J connectivity index is 2.73. The number of halogens is 1. The topological polar surface area (TPSA) is 29.5 Å². The number of rotatable bonds is 3. The van der Waals surface area contributed by atoms with E-state index in [-0.39, 0.29) is 5.82 Å². The van der Waals surface area contributed by atoms with Crippen LogP contribution in [0, 0.1) is 5.82 Å². The molecule has 0 amide bonds. The van der Waals surface area contributed by atoms with Gasteiger partial charge in [0.15, 0.2) is 0 Å². The minimum atomic E-state index is -1.02. The molecule has 0 saturated heterocycles. The van der Waals surface area contributed by atoms with Gasteiger partial charge in [0, 0.05) is 6.61 Å². The van der Waals surface area contributed by atoms with E-state index in [1.165, 1.54) is 18.2 Å². The smallest absolute Gasteiger partial charge is 0.423 e. The van der Waals surface area contributed by atoms with Crippen molar-refractivity contribution in [1.82, 2.24) is 0 Å². The first-order valence-corrected chi connectivity index (χ1v) is 3.79. The van der Waals surface area contributed by atoms with E-state index in [1.807, 2.05) is 0 Å². The molecule has 1 aromatic rings. The molecule has 64 valence electrons. The Morgan fingerprint density at radius 2 is 2.33 bits per heavy atom. The Hall–Kier alpha value is -0.865. The van der Waals surface area contributed by atoms with Crippen LogP contribution in [0.1, 0.15) is 6.92 Å². The van der Waals surface area contributed by atoms with E-state index in [4.69, 9.17) is 4.65 Å². The van der Waals surface area contributed by atoms with Crippen molar-refractivity contribution in [3.63, 3.8) is 0 Å². The first-order chi connectivity index (χ1) is 5.74. The normalized spacial score (nSPS) is 9.92. The molecule has 0 heterocycles. The summed E-state index contributed by atoms with van der Waals surface area (Å²) in [5.74, 6) is -0.369. The van der Waals surface area contributed by atoms with Gasteiger partial charge >= 0.3 is 7.12 Å². The van der Waals surface area contributed by atoms with E-state index < -0.39 is 7.12 Å². The van der Waals surface area contributed by atoms with E-state index >= 15 is 0 Å². The second kappa shape index (κ2) is 4.23. The highest BCUT2D eigenvalue weighted by Gasteiger charge is 2.15. The minimum absolute atomic E-state index is 0.369. The van der Waals surface area contributed by atoms with Crippen LogP contribution >= 0.6 is 0 Å². The van der Waals surface area contributed by atoms with Gasteiger partial charge in [-0.15, -0.1) is 0 Å². The SMILES string of the molecule is CCOB(O)c1cccc(F)c1. The fourth-order valence-electron chi connectivity index (χ4n) is 0.914. The molecule has 0 spiro atoms. The van der Waals surface area contributed by atoms with Gasteiger partial charge < -0.3 is 9.68 Å². The first kappa shape index (κ1) is 9.22. The highest BCUT2D eigenvalue weighted by Crippen LogP contribution is 1.94. The Morgan fingerprint density at radius 1 is 1.58 bits per heavy atom. The Kier molecular flexibility index (Phi) is 3.25. The Labute approximate surface area is 71.1 Å². The lowest BCUT2D eigenvalue weighted by atomic mass is 9.79. The summed E-state index contributed by atoms with van der Waals surface area (Å²) in [5.41, 5.74) is 0.442. The molecule has 1 aromatic carbocycles. The van der Waals surface area contributed by atoms with Crippen molar-refractivity contribution in [2.24, 2.45) is 0 Å². The summed E-state index contributed by atoms with van der Waals surface area (Å²) in [6.07, 6.45) is 0. The monoisotopic (exact) mass is 168 g/mol. The summed E-state index contributed by atoms with van der Waals surface area (Å²) in [7, 11) is -1.02. The molecule has 1 N–H and O–H groups in total. The summed E-state index contributed by atoms with van der Waals surface area (Å²) in [6.45, 7) is 2.17. The van der Waals surface area contributed by atoms with Crippen molar-refractivity contribution in [2.75, 3.05) is 6.61 Å². The highest BCUT2D eigenvalue weighted by atomic mass is 19.1. The lowest BCUT2D eigenvalue weighted by molar-refractivity contribution is 0.287. The second-order valence-corrected chi connectivity index (χ2v) is 2.36. The van der Waals surface area contributed by atoms with Gasteiger partial charge in [-0.2, -0.15) is 0 Å². The summed E-state index contributed by atoms with van der Waals surface area (Å²) in [5, 5.41) is 9.26. The molecule has 0 fully saturated rings. The molecule has 0 saturated carbocycles. The van der Waals surface area contributed by atoms with E-state index in [0.717, 1.165) is 0 Å². The predicted octanol–water partition coefficient (Wildman–Crippen LogP) is 0.550. The first-order valence-electron chi connectivity index (χ1n) is 3.79. The maximum absolute atomic E-state index is 12.6. The molecule has 1 rings (SSSR count). The van der Waals surface area contributed by atoms with Gasteiger partial charge in [-0.1, -0.05) is 12.1 Å². The summed E-state index contributed by atoms with van der Waals surface area (Å²) in [4.78, 5) is 0. The van der Waals surface area contributed by atoms with E-state index in [1.54, 1.807) is 13.0 Å². The van der Waals surface area contributed by atoms with Gasteiger partial charge in [0.1, 0.15) is 5.82 Å². The number of benzene rings is 1. The fourth-order valence-corrected chi connectivity index (χ4v) is 0.914. The lowest BCUT2D eigenvalue weighted by Gasteiger charge is -2.04. The van der Waals surface area contributed by atoms with Gasteiger partial charge in [-0.3, -0.25) is 0 Å². The van der Waals surface area contributed by atoms with E-state index in [0.29, 0.717) is 12.1 Å². The van der Waals surface area contributed by atoms with Crippen molar-refractivity contribution < 1.29 is 14.1 Å². The van der Waals surface area contributed by atoms with Crippen LogP contribution in [0.2, 0.25) is 0 Å².